The number of nitrogens with zero attached hydrogens (tertiary/aromatic N) is 4. The van der Waals surface area contributed by atoms with E-state index in [1.165, 1.54) is 27.5 Å². The first-order chi connectivity index (χ1) is 19.0. The lowest BCUT2D eigenvalue weighted by Crippen LogP contribution is -2.55. The van der Waals surface area contributed by atoms with E-state index in [0.717, 1.165) is 12.8 Å². The van der Waals surface area contributed by atoms with E-state index in [1.54, 1.807) is 62.3 Å². The number of benzene rings is 2. The summed E-state index contributed by atoms with van der Waals surface area (Å²) in [5.41, 5.74) is 1.28. The van der Waals surface area contributed by atoms with Crippen LogP contribution in [0.15, 0.2) is 47.3 Å². The molecule has 40 heavy (non-hydrogen) atoms. The van der Waals surface area contributed by atoms with Gasteiger partial charge in [0.05, 0.1) is 17.9 Å². The highest BCUT2D eigenvalue weighted by Gasteiger charge is 2.47. The van der Waals surface area contributed by atoms with Crippen LogP contribution >= 0.6 is 22.6 Å². The summed E-state index contributed by atoms with van der Waals surface area (Å²) >= 11 is 2.00. The molecule has 2 aromatic carbocycles. The summed E-state index contributed by atoms with van der Waals surface area (Å²) in [4.78, 5) is 44.5. The zero-order valence-corrected chi connectivity index (χ0v) is 24.7. The molecule has 1 aromatic heterocycles. The van der Waals surface area contributed by atoms with Crippen molar-refractivity contribution in [3.8, 4) is 0 Å². The smallest absolute Gasteiger partial charge is 0.263 e. The number of pyridine rings is 1. The Morgan fingerprint density at radius 2 is 1.90 bits per heavy atom. The number of amides is 2. The van der Waals surface area contributed by atoms with Gasteiger partial charge in [-0.05, 0) is 92.8 Å². The molecule has 1 aliphatic heterocycles. The highest BCUT2D eigenvalue weighted by Crippen LogP contribution is 2.45. The van der Waals surface area contributed by atoms with Gasteiger partial charge < -0.3 is 20.6 Å². The van der Waals surface area contributed by atoms with Crippen molar-refractivity contribution in [3.05, 3.63) is 73.3 Å². The van der Waals surface area contributed by atoms with Gasteiger partial charge in [0.25, 0.3) is 11.5 Å². The van der Waals surface area contributed by atoms with E-state index in [0.29, 0.717) is 14.9 Å². The van der Waals surface area contributed by atoms with Gasteiger partial charge in [0.1, 0.15) is 17.2 Å². The number of likely N-dealkylation sites (N-methyl/N-ethyl adjacent to an activating group) is 1. The SMILES string of the molecule is Cc1c2c(c(Nc3ccc(I)cc3F)n(C)c1=O)C(=O)N(C1CC1)C(O)N2c1cccc(NC(=O)CN(C)C)c1. The van der Waals surface area contributed by atoms with Crippen molar-refractivity contribution in [2.45, 2.75) is 32.2 Å². The Morgan fingerprint density at radius 3 is 2.55 bits per heavy atom. The molecule has 0 saturated heterocycles. The first kappa shape index (κ1) is 28.1. The zero-order valence-electron chi connectivity index (χ0n) is 22.5. The standard InChI is InChI=1S/C28H30FIN6O4/c1-15-24-23(25(34(4)26(15)38)32-21-11-8-16(30)12-20(21)29)27(39)36(18-9-10-18)28(40)35(24)19-7-5-6-17(13-19)31-22(37)14-33(2)3/h5-8,11-13,18,28,32,40H,9-10,14H2,1-4H3,(H,31,37). The van der Waals surface area contributed by atoms with Crippen molar-refractivity contribution >= 4 is 63.0 Å². The number of anilines is 5. The fraction of sp³-hybridized carbons (Fsp3) is 0.321. The van der Waals surface area contributed by atoms with Crippen molar-refractivity contribution in [1.82, 2.24) is 14.4 Å². The van der Waals surface area contributed by atoms with Crippen LogP contribution in [0.25, 0.3) is 0 Å². The van der Waals surface area contributed by atoms with Crippen LogP contribution in [0.4, 0.5) is 33.0 Å². The maximum atomic E-state index is 14.9. The minimum atomic E-state index is -1.39. The van der Waals surface area contributed by atoms with Crippen molar-refractivity contribution in [2.75, 3.05) is 36.2 Å². The van der Waals surface area contributed by atoms with Gasteiger partial charge in [-0.15, -0.1) is 0 Å². The van der Waals surface area contributed by atoms with E-state index in [1.807, 2.05) is 22.6 Å². The second-order valence-corrected chi connectivity index (χ2v) is 11.6. The number of aromatic nitrogens is 1. The van der Waals surface area contributed by atoms with Crippen LogP contribution in [0.2, 0.25) is 0 Å². The molecule has 0 spiro atoms. The molecule has 0 bridgehead atoms. The number of carbonyl (C=O) groups excluding carboxylic acids is 2. The van der Waals surface area contributed by atoms with Gasteiger partial charge in [-0.3, -0.25) is 28.8 Å². The number of halogens is 2. The maximum absolute atomic E-state index is 14.9. The quantitative estimate of drug-likeness (QED) is 0.332. The van der Waals surface area contributed by atoms with Crippen LogP contribution in [0.3, 0.4) is 0 Å². The number of aliphatic hydroxyl groups excluding tert-OH is 1. The lowest BCUT2D eigenvalue weighted by Gasteiger charge is -2.44. The van der Waals surface area contributed by atoms with Crippen molar-refractivity contribution in [1.29, 1.82) is 0 Å². The third kappa shape index (κ3) is 5.18. The molecule has 10 nitrogen and oxygen atoms in total. The molecular formula is C28H30FIN6O4. The van der Waals surface area contributed by atoms with Gasteiger partial charge >= 0.3 is 0 Å². The molecule has 1 fully saturated rings. The number of rotatable bonds is 7. The maximum Gasteiger partial charge on any atom is 0.263 e. The van der Waals surface area contributed by atoms with E-state index >= 15 is 0 Å². The van der Waals surface area contributed by atoms with Gasteiger partial charge in [0.15, 0.2) is 0 Å². The molecule has 5 rings (SSSR count). The van der Waals surface area contributed by atoms with Gasteiger partial charge in [-0.25, -0.2) is 4.39 Å². The lowest BCUT2D eigenvalue weighted by molar-refractivity contribution is -0.116. The molecule has 12 heteroatoms. The summed E-state index contributed by atoms with van der Waals surface area (Å²) in [6, 6.07) is 11.3. The van der Waals surface area contributed by atoms with E-state index in [-0.39, 0.29) is 46.8 Å². The van der Waals surface area contributed by atoms with E-state index < -0.39 is 23.6 Å². The number of hydrogen-bond donors (Lipinski definition) is 3. The second-order valence-electron chi connectivity index (χ2n) is 10.3. The molecule has 2 heterocycles. The highest BCUT2D eigenvalue weighted by molar-refractivity contribution is 14.1. The van der Waals surface area contributed by atoms with Crippen LogP contribution in [0.1, 0.15) is 28.8 Å². The zero-order chi connectivity index (χ0) is 28.9. The summed E-state index contributed by atoms with van der Waals surface area (Å²) in [7, 11) is 5.10. The summed E-state index contributed by atoms with van der Waals surface area (Å²) in [6.45, 7) is 1.78. The Balaban J connectivity index is 1.68. The van der Waals surface area contributed by atoms with Crippen molar-refractivity contribution < 1.29 is 19.1 Å². The van der Waals surface area contributed by atoms with Crippen LogP contribution in [0.5, 0.6) is 0 Å². The third-order valence-corrected chi connectivity index (χ3v) is 7.62. The predicted octanol–water partition coefficient (Wildman–Crippen LogP) is 3.71. The second kappa shape index (κ2) is 10.8. The van der Waals surface area contributed by atoms with Gasteiger partial charge in [0, 0.05) is 33.6 Å². The average molecular weight is 660 g/mol. The number of nitrogens with one attached hydrogen (secondary N) is 2. The Hall–Kier alpha value is -3.49. The third-order valence-electron chi connectivity index (χ3n) is 6.95. The molecule has 0 radical (unpaired) electrons. The molecule has 1 aliphatic carbocycles. The van der Waals surface area contributed by atoms with Crippen LogP contribution < -0.4 is 21.1 Å². The molecule has 3 aromatic rings. The molecule has 2 amide bonds. The predicted molar refractivity (Wildman–Crippen MR) is 160 cm³/mol. The number of aliphatic hydroxyl groups is 1. The molecule has 1 atom stereocenters. The monoisotopic (exact) mass is 660 g/mol. The minimum absolute atomic E-state index is 0.107. The van der Waals surface area contributed by atoms with Crippen LogP contribution in [0, 0.1) is 16.3 Å². The molecular weight excluding hydrogens is 630 g/mol. The largest absolute Gasteiger partial charge is 0.356 e. The number of carbonyl (C=O) groups is 2. The molecule has 2 aliphatic rings. The highest BCUT2D eigenvalue weighted by atomic mass is 127. The summed E-state index contributed by atoms with van der Waals surface area (Å²) in [6.07, 6.45) is 0.0616. The minimum Gasteiger partial charge on any atom is -0.356 e. The van der Waals surface area contributed by atoms with Gasteiger partial charge in [-0.1, -0.05) is 6.07 Å². The van der Waals surface area contributed by atoms with Gasteiger partial charge in [-0.2, -0.15) is 0 Å². The summed E-state index contributed by atoms with van der Waals surface area (Å²) in [5, 5.41) is 17.4. The first-order valence-electron chi connectivity index (χ1n) is 12.8. The normalized spacial score (nSPS) is 16.8. The fourth-order valence-electron chi connectivity index (χ4n) is 4.95. The van der Waals surface area contributed by atoms with Crippen molar-refractivity contribution in [2.24, 2.45) is 7.05 Å². The molecule has 1 unspecified atom stereocenters. The summed E-state index contributed by atoms with van der Waals surface area (Å²) < 4.78 is 16.9. The Morgan fingerprint density at radius 1 is 1.18 bits per heavy atom. The van der Waals surface area contributed by atoms with E-state index in [4.69, 9.17) is 0 Å². The van der Waals surface area contributed by atoms with Crippen molar-refractivity contribution in [3.63, 3.8) is 0 Å². The Labute approximate surface area is 244 Å². The Bertz CT molecular complexity index is 1570. The molecule has 3 N–H and O–H groups in total. The lowest BCUT2D eigenvalue weighted by atomic mass is 10.0. The van der Waals surface area contributed by atoms with Crippen LogP contribution in [-0.2, 0) is 11.8 Å². The molecule has 1 saturated carbocycles. The summed E-state index contributed by atoms with van der Waals surface area (Å²) in [5.74, 6) is -1.08. The number of fused-ring (bicyclic) bond motifs is 1. The fourth-order valence-corrected chi connectivity index (χ4v) is 5.41. The number of hydrogen-bond acceptors (Lipinski definition) is 7. The topological polar surface area (TPSA) is 110 Å². The average Bonchev–Trinajstić information content (AvgIpc) is 3.71. The molecule has 210 valence electrons. The first-order valence-corrected chi connectivity index (χ1v) is 13.9. The van der Waals surface area contributed by atoms with E-state index in [2.05, 4.69) is 10.6 Å². The van der Waals surface area contributed by atoms with Crippen LogP contribution in [-0.4, -0.2) is 64.3 Å². The van der Waals surface area contributed by atoms with Gasteiger partial charge in [0.2, 0.25) is 12.3 Å². The Kier molecular flexibility index (Phi) is 7.59. The van der Waals surface area contributed by atoms with E-state index in [9.17, 15) is 23.9 Å².